The lowest BCUT2D eigenvalue weighted by Crippen LogP contribution is -2.37. The van der Waals surface area contributed by atoms with Gasteiger partial charge in [-0.15, -0.1) is 0 Å². The van der Waals surface area contributed by atoms with Crippen LogP contribution in [0.4, 0.5) is 4.79 Å². The average Bonchev–Trinajstić information content (AvgIpc) is 2.01. The Morgan fingerprint density at radius 3 is 2.36 bits per heavy atom. The molecule has 2 N–H and O–H groups in total. The molecule has 0 radical (unpaired) electrons. The molecule has 82 valence electrons. The Bertz CT molecular complexity index is 204. The summed E-state index contributed by atoms with van der Waals surface area (Å²) in [6.45, 7) is 4.42. The fourth-order valence-corrected chi connectivity index (χ4v) is 0.665. The van der Waals surface area contributed by atoms with Gasteiger partial charge in [0.2, 0.25) is 0 Å². The maximum Gasteiger partial charge on any atom is 0.412 e. The van der Waals surface area contributed by atoms with Gasteiger partial charge in [0, 0.05) is 6.42 Å². The number of aliphatic hydroxyl groups is 1. The first-order valence-electron chi connectivity index (χ1n) is 4.30. The van der Waals surface area contributed by atoms with E-state index in [0.717, 1.165) is 0 Å². The molecule has 0 aliphatic heterocycles. The van der Waals surface area contributed by atoms with E-state index in [1.807, 2.05) is 0 Å². The Hall–Kier alpha value is -1.30. The molecule has 0 aliphatic carbocycles. The van der Waals surface area contributed by atoms with Crippen molar-refractivity contribution in [3.8, 4) is 0 Å². The van der Waals surface area contributed by atoms with Crippen LogP contribution in [0.1, 0.15) is 27.2 Å². The van der Waals surface area contributed by atoms with E-state index in [1.54, 1.807) is 6.92 Å². The number of hydrogen-bond acceptors (Lipinski definition) is 5. The van der Waals surface area contributed by atoms with Gasteiger partial charge in [0.1, 0.15) is 0 Å². The van der Waals surface area contributed by atoms with E-state index in [9.17, 15) is 9.59 Å². The number of carbonyl (C=O) groups excluding carboxylic acids is 2. The van der Waals surface area contributed by atoms with Crippen LogP contribution in [0.2, 0.25) is 0 Å². The van der Waals surface area contributed by atoms with Crippen LogP contribution in [0.15, 0.2) is 0 Å². The molecule has 6 nitrogen and oxygen atoms in total. The number of hydrogen-bond donors (Lipinski definition) is 2. The average molecular weight is 205 g/mol. The molecule has 0 aliphatic rings. The first-order chi connectivity index (χ1) is 6.45. The van der Waals surface area contributed by atoms with Gasteiger partial charge in [-0.25, -0.2) is 4.79 Å². The minimum Gasteiger partial charge on any atom is -0.442 e. The van der Waals surface area contributed by atoms with Crippen molar-refractivity contribution < 1.29 is 24.2 Å². The summed E-state index contributed by atoms with van der Waals surface area (Å²) in [7, 11) is 0. The molecule has 14 heavy (non-hydrogen) atoms. The molecule has 0 saturated heterocycles. The number of alkyl carbamates (subject to hydrolysis) is 1. The maximum atomic E-state index is 10.8. The Labute approximate surface area is 82.2 Å². The van der Waals surface area contributed by atoms with E-state index in [4.69, 9.17) is 9.84 Å². The lowest BCUT2D eigenvalue weighted by atomic mass is 10.5. The number of amides is 1. The smallest absolute Gasteiger partial charge is 0.412 e. The summed E-state index contributed by atoms with van der Waals surface area (Å²) in [4.78, 5) is 21.6. The summed E-state index contributed by atoms with van der Waals surface area (Å²) in [6, 6.07) is 0. The monoisotopic (exact) mass is 205 g/mol. The maximum absolute atomic E-state index is 10.8. The van der Waals surface area contributed by atoms with Crippen molar-refractivity contribution in [1.29, 1.82) is 0 Å². The molecule has 0 saturated carbocycles. The highest BCUT2D eigenvalue weighted by atomic mass is 16.6. The molecule has 1 amide bonds. The van der Waals surface area contributed by atoms with Gasteiger partial charge < -0.3 is 14.6 Å². The van der Waals surface area contributed by atoms with Crippen molar-refractivity contribution >= 4 is 12.1 Å². The fraction of sp³-hybridized carbons (Fsp3) is 0.750. The quantitative estimate of drug-likeness (QED) is 0.511. The van der Waals surface area contributed by atoms with Crippen LogP contribution in [0.3, 0.4) is 0 Å². The minimum absolute atomic E-state index is 0.234. The van der Waals surface area contributed by atoms with E-state index >= 15 is 0 Å². The van der Waals surface area contributed by atoms with Crippen LogP contribution >= 0.6 is 0 Å². The molecule has 0 aromatic rings. The summed E-state index contributed by atoms with van der Waals surface area (Å²) >= 11 is 0. The number of aliphatic hydroxyl groups excluding tert-OH is 1. The number of rotatable bonds is 4. The molecule has 0 aromatic carbocycles. The van der Waals surface area contributed by atoms with Crippen molar-refractivity contribution in [3.63, 3.8) is 0 Å². The zero-order chi connectivity index (χ0) is 11.1. The second-order valence-corrected chi connectivity index (χ2v) is 2.63. The highest BCUT2D eigenvalue weighted by Crippen LogP contribution is 1.93. The molecule has 0 bridgehead atoms. The first-order valence-corrected chi connectivity index (χ1v) is 4.30. The SMILES string of the molecule is CCC(=O)OC(C)NC(=O)OC(C)O. The van der Waals surface area contributed by atoms with Crippen molar-refractivity contribution in [2.75, 3.05) is 0 Å². The summed E-state index contributed by atoms with van der Waals surface area (Å²) in [5.41, 5.74) is 0. The second kappa shape index (κ2) is 6.20. The summed E-state index contributed by atoms with van der Waals surface area (Å²) in [6.07, 6.45) is -2.56. The second-order valence-electron chi connectivity index (χ2n) is 2.63. The number of esters is 1. The Morgan fingerprint density at radius 2 is 1.93 bits per heavy atom. The lowest BCUT2D eigenvalue weighted by molar-refractivity contribution is -0.149. The summed E-state index contributed by atoms with van der Waals surface area (Å²) in [5.74, 6) is -0.421. The predicted molar refractivity (Wildman–Crippen MR) is 47.1 cm³/mol. The summed E-state index contributed by atoms with van der Waals surface area (Å²) in [5, 5.41) is 10.9. The molecule has 6 heteroatoms. The molecular formula is C8H15NO5. The highest BCUT2D eigenvalue weighted by molar-refractivity contribution is 5.70. The van der Waals surface area contributed by atoms with Gasteiger partial charge in [-0.05, 0) is 13.8 Å². The molecule has 0 spiro atoms. The van der Waals surface area contributed by atoms with E-state index in [0.29, 0.717) is 0 Å². The summed E-state index contributed by atoms with van der Waals surface area (Å²) < 4.78 is 9.07. The fourth-order valence-electron chi connectivity index (χ4n) is 0.665. The molecule has 0 fully saturated rings. The van der Waals surface area contributed by atoms with Gasteiger partial charge >= 0.3 is 12.1 Å². The standard InChI is InChI=1S/C8H15NO5/c1-4-7(11)13-5(2)9-8(12)14-6(3)10/h5-6,10H,4H2,1-3H3,(H,9,12). The third kappa shape index (κ3) is 6.24. The van der Waals surface area contributed by atoms with Crippen LogP contribution < -0.4 is 5.32 Å². The Kier molecular flexibility index (Phi) is 5.62. The van der Waals surface area contributed by atoms with Gasteiger partial charge in [0.15, 0.2) is 12.5 Å². The topological polar surface area (TPSA) is 84.9 Å². The molecule has 0 aromatic heterocycles. The van der Waals surface area contributed by atoms with Crippen LogP contribution in [0, 0.1) is 0 Å². The van der Waals surface area contributed by atoms with Crippen LogP contribution in [0.25, 0.3) is 0 Å². The van der Waals surface area contributed by atoms with Crippen LogP contribution in [-0.2, 0) is 14.3 Å². The Balaban J connectivity index is 3.76. The van der Waals surface area contributed by atoms with Gasteiger partial charge in [-0.2, -0.15) is 0 Å². The number of carbonyl (C=O) groups is 2. The van der Waals surface area contributed by atoms with E-state index in [1.165, 1.54) is 13.8 Å². The molecular weight excluding hydrogens is 190 g/mol. The van der Waals surface area contributed by atoms with Gasteiger partial charge in [-0.3, -0.25) is 10.1 Å². The Morgan fingerprint density at radius 1 is 1.36 bits per heavy atom. The largest absolute Gasteiger partial charge is 0.442 e. The zero-order valence-electron chi connectivity index (χ0n) is 8.44. The van der Waals surface area contributed by atoms with Crippen LogP contribution in [0.5, 0.6) is 0 Å². The van der Waals surface area contributed by atoms with E-state index in [-0.39, 0.29) is 6.42 Å². The van der Waals surface area contributed by atoms with E-state index < -0.39 is 24.6 Å². The molecule has 0 heterocycles. The van der Waals surface area contributed by atoms with Crippen molar-refractivity contribution in [1.82, 2.24) is 5.32 Å². The normalized spacial score (nSPS) is 14.0. The lowest BCUT2D eigenvalue weighted by Gasteiger charge is -2.15. The third-order valence-electron chi connectivity index (χ3n) is 1.20. The molecule has 2 atom stereocenters. The number of nitrogens with one attached hydrogen (secondary N) is 1. The van der Waals surface area contributed by atoms with Gasteiger partial charge in [0.25, 0.3) is 0 Å². The van der Waals surface area contributed by atoms with Crippen LogP contribution in [-0.4, -0.2) is 29.7 Å². The number of ether oxygens (including phenoxy) is 2. The first kappa shape index (κ1) is 12.7. The van der Waals surface area contributed by atoms with E-state index in [2.05, 4.69) is 10.1 Å². The third-order valence-corrected chi connectivity index (χ3v) is 1.20. The molecule has 0 rings (SSSR count). The zero-order valence-corrected chi connectivity index (χ0v) is 8.44. The minimum atomic E-state index is -1.19. The predicted octanol–water partition coefficient (Wildman–Crippen LogP) is 0.350. The van der Waals surface area contributed by atoms with Crippen molar-refractivity contribution in [2.24, 2.45) is 0 Å². The van der Waals surface area contributed by atoms with Gasteiger partial charge in [0.05, 0.1) is 0 Å². The van der Waals surface area contributed by atoms with Crippen molar-refractivity contribution in [2.45, 2.75) is 39.7 Å². The van der Waals surface area contributed by atoms with Gasteiger partial charge in [-0.1, -0.05) is 6.92 Å². The highest BCUT2D eigenvalue weighted by Gasteiger charge is 2.12. The van der Waals surface area contributed by atoms with Crippen molar-refractivity contribution in [3.05, 3.63) is 0 Å². The molecule has 2 unspecified atom stereocenters.